The lowest BCUT2D eigenvalue weighted by molar-refractivity contribution is -0.139. The Balaban J connectivity index is 1.74. The lowest BCUT2D eigenvalue weighted by Crippen LogP contribution is -2.41. The molecular formula is C18H25N5O2. The van der Waals surface area contributed by atoms with E-state index in [1.165, 1.54) is 0 Å². The Morgan fingerprint density at radius 2 is 2.00 bits per heavy atom. The van der Waals surface area contributed by atoms with Gasteiger partial charge in [-0.15, -0.1) is 0 Å². The molecule has 0 unspecified atom stereocenters. The van der Waals surface area contributed by atoms with Crippen LogP contribution in [0.5, 0.6) is 0 Å². The summed E-state index contributed by atoms with van der Waals surface area (Å²) in [5.74, 6) is 2.19. The van der Waals surface area contributed by atoms with Crippen LogP contribution in [0, 0.1) is 12.3 Å². The summed E-state index contributed by atoms with van der Waals surface area (Å²) < 4.78 is 5.24. The Hall–Kier alpha value is -2.44. The molecule has 134 valence electrons. The SMILES string of the molecule is Cc1noc(-c2ccnc(N3CCCN(C(=O)C(C)(C)C)CC3)c2)n1. The molecule has 2 aromatic heterocycles. The van der Waals surface area contributed by atoms with Crippen LogP contribution in [0.3, 0.4) is 0 Å². The first-order chi connectivity index (χ1) is 11.8. The van der Waals surface area contributed by atoms with Gasteiger partial charge in [0.2, 0.25) is 5.91 Å². The van der Waals surface area contributed by atoms with Gasteiger partial charge in [0.25, 0.3) is 5.89 Å². The zero-order valence-electron chi connectivity index (χ0n) is 15.3. The summed E-state index contributed by atoms with van der Waals surface area (Å²) in [6.07, 6.45) is 2.68. The van der Waals surface area contributed by atoms with E-state index in [9.17, 15) is 4.79 Å². The topological polar surface area (TPSA) is 75.4 Å². The molecule has 1 aliphatic rings. The van der Waals surface area contributed by atoms with Crippen LogP contribution in [-0.2, 0) is 4.79 Å². The third-order valence-corrected chi connectivity index (χ3v) is 4.27. The third kappa shape index (κ3) is 3.97. The Bertz CT molecular complexity index is 750. The van der Waals surface area contributed by atoms with Crippen molar-refractivity contribution >= 4 is 11.7 Å². The van der Waals surface area contributed by atoms with E-state index in [0.717, 1.165) is 37.4 Å². The number of carbonyl (C=O) groups excluding carboxylic acids is 1. The second-order valence-electron chi connectivity index (χ2n) is 7.43. The molecule has 2 aromatic rings. The van der Waals surface area contributed by atoms with E-state index in [4.69, 9.17) is 4.52 Å². The minimum atomic E-state index is -0.344. The fraction of sp³-hybridized carbons (Fsp3) is 0.556. The molecule has 3 rings (SSSR count). The highest BCUT2D eigenvalue weighted by Crippen LogP contribution is 2.23. The third-order valence-electron chi connectivity index (χ3n) is 4.27. The second kappa shape index (κ2) is 6.82. The van der Waals surface area contributed by atoms with E-state index in [0.29, 0.717) is 18.3 Å². The number of rotatable bonds is 2. The molecule has 0 N–H and O–H groups in total. The van der Waals surface area contributed by atoms with Crippen molar-refractivity contribution in [3.63, 3.8) is 0 Å². The van der Waals surface area contributed by atoms with Gasteiger partial charge < -0.3 is 14.3 Å². The molecule has 0 aromatic carbocycles. The summed E-state index contributed by atoms with van der Waals surface area (Å²) in [7, 11) is 0. The van der Waals surface area contributed by atoms with E-state index >= 15 is 0 Å². The number of aromatic nitrogens is 3. The molecule has 1 saturated heterocycles. The summed E-state index contributed by atoms with van der Waals surface area (Å²) >= 11 is 0. The monoisotopic (exact) mass is 343 g/mol. The summed E-state index contributed by atoms with van der Waals surface area (Å²) in [6.45, 7) is 10.8. The van der Waals surface area contributed by atoms with Crippen molar-refractivity contribution in [1.82, 2.24) is 20.0 Å². The maximum Gasteiger partial charge on any atom is 0.258 e. The van der Waals surface area contributed by atoms with Crippen molar-refractivity contribution < 1.29 is 9.32 Å². The van der Waals surface area contributed by atoms with Gasteiger partial charge in [0, 0.05) is 43.4 Å². The number of aryl methyl sites for hydroxylation is 1. The first-order valence-electron chi connectivity index (χ1n) is 8.65. The van der Waals surface area contributed by atoms with Gasteiger partial charge in [-0.3, -0.25) is 4.79 Å². The van der Waals surface area contributed by atoms with Crippen LogP contribution in [0.2, 0.25) is 0 Å². The van der Waals surface area contributed by atoms with Crippen LogP contribution in [-0.4, -0.2) is 52.1 Å². The van der Waals surface area contributed by atoms with Crippen molar-refractivity contribution in [3.05, 3.63) is 24.2 Å². The Morgan fingerprint density at radius 1 is 1.20 bits per heavy atom. The molecule has 0 radical (unpaired) electrons. The highest BCUT2D eigenvalue weighted by molar-refractivity contribution is 5.81. The van der Waals surface area contributed by atoms with Crippen LogP contribution < -0.4 is 4.90 Å². The molecular weight excluding hydrogens is 318 g/mol. The molecule has 1 fully saturated rings. The van der Waals surface area contributed by atoms with Crippen molar-refractivity contribution in [2.45, 2.75) is 34.1 Å². The van der Waals surface area contributed by atoms with E-state index in [1.807, 2.05) is 37.8 Å². The quantitative estimate of drug-likeness (QED) is 0.834. The van der Waals surface area contributed by atoms with Crippen molar-refractivity contribution in [2.24, 2.45) is 5.41 Å². The van der Waals surface area contributed by atoms with Crippen molar-refractivity contribution in [1.29, 1.82) is 0 Å². The number of amides is 1. The number of carbonyl (C=O) groups is 1. The van der Waals surface area contributed by atoms with Gasteiger partial charge in [0.1, 0.15) is 5.82 Å². The Labute approximate surface area is 148 Å². The second-order valence-corrected chi connectivity index (χ2v) is 7.43. The molecule has 0 aliphatic carbocycles. The van der Waals surface area contributed by atoms with E-state index in [-0.39, 0.29) is 11.3 Å². The van der Waals surface area contributed by atoms with Crippen LogP contribution in [0.4, 0.5) is 5.82 Å². The minimum Gasteiger partial charge on any atom is -0.355 e. The number of hydrogen-bond donors (Lipinski definition) is 0. The van der Waals surface area contributed by atoms with Gasteiger partial charge in [0.15, 0.2) is 5.82 Å². The zero-order chi connectivity index (χ0) is 18.0. The fourth-order valence-electron chi connectivity index (χ4n) is 2.96. The van der Waals surface area contributed by atoms with E-state index in [2.05, 4.69) is 20.0 Å². The standard InChI is InChI=1S/C18H25N5O2/c1-13-20-16(25-21-13)14-6-7-19-15(12-14)22-8-5-9-23(11-10-22)17(24)18(2,3)4/h6-7,12H,5,8-11H2,1-4H3. The predicted octanol–water partition coefficient (Wildman–Crippen LogP) is 2.52. The molecule has 1 aliphatic heterocycles. The Kier molecular flexibility index (Phi) is 4.74. The highest BCUT2D eigenvalue weighted by atomic mass is 16.5. The van der Waals surface area contributed by atoms with E-state index < -0.39 is 0 Å². The lowest BCUT2D eigenvalue weighted by atomic mass is 9.94. The predicted molar refractivity (Wildman–Crippen MR) is 95.1 cm³/mol. The number of hydrogen-bond acceptors (Lipinski definition) is 6. The minimum absolute atomic E-state index is 0.206. The molecule has 0 spiro atoms. The first-order valence-corrected chi connectivity index (χ1v) is 8.65. The molecule has 3 heterocycles. The van der Waals surface area contributed by atoms with Gasteiger partial charge in [-0.25, -0.2) is 4.98 Å². The van der Waals surface area contributed by atoms with Crippen LogP contribution >= 0.6 is 0 Å². The summed E-state index contributed by atoms with van der Waals surface area (Å²) in [4.78, 5) is 25.5. The zero-order valence-corrected chi connectivity index (χ0v) is 15.3. The highest BCUT2D eigenvalue weighted by Gasteiger charge is 2.28. The smallest absolute Gasteiger partial charge is 0.258 e. The largest absolute Gasteiger partial charge is 0.355 e. The van der Waals surface area contributed by atoms with Gasteiger partial charge in [-0.1, -0.05) is 25.9 Å². The maximum atomic E-state index is 12.5. The molecule has 0 atom stereocenters. The normalized spacial score (nSPS) is 16.0. The lowest BCUT2D eigenvalue weighted by Gasteiger charge is -2.28. The maximum absolute atomic E-state index is 12.5. The summed E-state index contributed by atoms with van der Waals surface area (Å²) in [6, 6.07) is 3.83. The molecule has 0 bridgehead atoms. The van der Waals surface area contributed by atoms with Crippen LogP contribution in [0.25, 0.3) is 11.5 Å². The average Bonchev–Trinajstić information content (AvgIpc) is 2.86. The molecule has 7 nitrogen and oxygen atoms in total. The van der Waals surface area contributed by atoms with E-state index in [1.54, 1.807) is 13.1 Å². The number of pyridine rings is 1. The summed E-state index contributed by atoms with van der Waals surface area (Å²) in [5, 5.41) is 3.84. The molecule has 0 saturated carbocycles. The average molecular weight is 343 g/mol. The van der Waals surface area contributed by atoms with Gasteiger partial charge in [-0.2, -0.15) is 4.98 Å². The molecule has 7 heteroatoms. The number of anilines is 1. The summed E-state index contributed by atoms with van der Waals surface area (Å²) in [5.41, 5.74) is 0.515. The molecule has 25 heavy (non-hydrogen) atoms. The van der Waals surface area contributed by atoms with Gasteiger partial charge in [0.05, 0.1) is 0 Å². The first kappa shape index (κ1) is 17.4. The molecule has 1 amide bonds. The van der Waals surface area contributed by atoms with Gasteiger partial charge in [-0.05, 0) is 25.5 Å². The van der Waals surface area contributed by atoms with Gasteiger partial charge >= 0.3 is 0 Å². The van der Waals surface area contributed by atoms with Crippen molar-refractivity contribution in [2.75, 3.05) is 31.1 Å². The van der Waals surface area contributed by atoms with Crippen LogP contribution in [0.1, 0.15) is 33.0 Å². The Morgan fingerprint density at radius 3 is 2.68 bits per heavy atom. The number of nitrogens with zero attached hydrogens (tertiary/aromatic N) is 5. The fourth-order valence-corrected chi connectivity index (χ4v) is 2.96. The van der Waals surface area contributed by atoms with Crippen LogP contribution in [0.15, 0.2) is 22.9 Å². The van der Waals surface area contributed by atoms with Crippen molar-refractivity contribution in [3.8, 4) is 11.5 Å².